The first kappa shape index (κ1) is 29.2. The third-order valence-electron chi connectivity index (χ3n) is 10.9. The minimum absolute atomic E-state index is 0.533. The van der Waals surface area contributed by atoms with E-state index in [9.17, 15) is 0 Å². The van der Waals surface area contributed by atoms with Crippen molar-refractivity contribution < 1.29 is 0 Å². The first-order valence-corrected chi connectivity index (χ1v) is 18.1. The molecule has 2 unspecified atom stereocenters. The van der Waals surface area contributed by atoms with Gasteiger partial charge in [-0.1, -0.05) is 121 Å². The molecule has 1 aromatic heterocycles. The molecule has 0 saturated carbocycles. The molecule has 0 fully saturated rings. The highest BCUT2D eigenvalue weighted by Crippen LogP contribution is 2.49. The van der Waals surface area contributed by atoms with Gasteiger partial charge in [0.1, 0.15) is 0 Å². The van der Waals surface area contributed by atoms with Crippen molar-refractivity contribution in [2.75, 3.05) is 4.90 Å². The van der Waals surface area contributed by atoms with Gasteiger partial charge >= 0.3 is 0 Å². The molecule has 48 heavy (non-hydrogen) atoms. The standard InChI is InChI=1S/C46H39NS/c1-29-11-7-8-14-38(29)39-22-19-33(25-30(39)2)34-20-23-40-36(26-34)27-35-17-21-37(28-43(35)40)47-31(3)12-5-4-6-13-32-18-24-42-41-15-9-10-16-44(41)48-46(42)45(32)47/h4-12,14-24,28,33-34H,3,13,25-27H2,1-2H3/b6-4-,12-5-. The number of thiophene rings is 1. The molecule has 0 bridgehead atoms. The van der Waals surface area contributed by atoms with Gasteiger partial charge in [0.05, 0.1) is 10.4 Å². The second-order valence-electron chi connectivity index (χ2n) is 13.9. The predicted molar refractivity (Wildman–Crippen MR) is 208 cm³/mol. The minimum Gasteiger partial charge on any atom is -0.309 e. The molecule has 0 saturated heterocycles. The average Bonchev–Trinajstić information content (AvgIpc) is 3.68. The Morgan fingerprint density at radius 2 is 1.52 bits per heavy atom. The summed E-state index contributed by atoms with van der Waals surface area (Å²) in [5.41, 5.74) is 16.2. The number of hydrogen-bond donors (Lipinski definition) is 0. The van der Waals surface area contributed by atoms with Crippen LogP contribution in [0.1, 0.15) is 47.6 Å². The van der Waals surface area contributed by atoms with Crippen LogP contribution >= 0.6 is 11.3 Å². The van der Waals surface area contributed by atoms with Crippen LogP contribution < -0.4 is 4.90 Å². The van der Waals surface area contributed by atoms with Crippen molar-refractivity contribution in [1.82, 2.24) is 0 Å². The zero-order valence-electron chi connectivity index (χ0n) is 27.7. The van der Waals surface area contributed by atoms with Gasteiger partial charge in [0.15, 0.2) is 0 Å². The topological polar surface area (TPSA) is 3.24 Å². The molecule has 0 N–H and O–H groups in total. The third kappa shape index (κ3) is 4.81. The normalized spacial score (nSPS) is 21.6. The Hall–Kier alpha value is -4.92. The maximum Gasteiger partial charge on any atom is 0.0675 e. The first-order valence-electron chi connectivity index (χ1n) is 17.3. The van der Waals surface area contributed by atoms with Gasteiger partial charge in [0.25, 0.3) is 0 Å². The number of aryl methyl sites for hydroxylation is 1. The van der Waals surface area contributed by atoms with Crippen LogP contribution in [-0.4, -0.2) is 0 Å². The average molecular weight is 638 g/mol. The second kappa shape index (κ2) is 11.6. The van der Waals surface area contributed by atoms with Crippen LogP contribution in [0.5, 0.6) is 0 Å². The fraction of sp³-hybridized carbons (Fsp3) is 0.174. The molecule has 2 heteroatoms. The van der Waals surface area contributed by atoms with Crippen LogP contribution in [-0.2, 0) is 12.8 Å². The molecule has 5 aromatic rings. The van der Waals surface area contributed by atoms with Crippen molar-refractivity contribution in [3.05, 3.63) is 179 Å². The minimum atomic E-state index is 0.533. The molecule has 4 aromatic carbocycles. The Labute approximate surface area is 287 Å². The summed E-state index contributed by atoms with van der Waals surface area (Å²) >= 11 is 1.90. The summed E-state index contributed by atoms with van der Waals surface area (Å²) < 4.78 is 2.66. The second-order valence-corrected chi connectivity index (χ2v) is 14.9. The van der Waals surface area contributed by atoms with Gasteiger partial charge in [0.2, 0.25) is 0 Å². The lowest BCUT2D eigenvalue weighted by Crippen LogP contribution is -2.17. The SMILES string of the molecule is C=C1/C=C\C=C/Cc2ccc3c(sc4ccccc43)c2N1c1ccc2c(c1)C1=C(C2)CC(C2C=CC(c3ccccc3C)=C(C)C2)C=C1. The molecule has 1 nitrogen and oxygen atoms in total. The largest absolute Gasteiger partial charge is 0.309 e. The zero-order chi connectivity index (χ0) is 32.4. The number of allylic oxidation sites excluding steroid dienone is 12. The number of fused-ring (bicyclic) bond motifs is 7. The molecule has 0 radical (unpaired) electrons. The summed E-state index contributed by atoms with van der Waals surface area (Å²) in [5.74, 6) is 1.07. The molecule has 2 atom stereocenters. The Balaban J connectivity index is 1.06. The van der Waals surface area contributed by atoms with Crippen molar-refractivity contribution >= 4 is 54.0 Å². The van der Waals surface area contributed by atoms with E-state index in [4.69, 9.17) is 0 Å². The van der Waals surface area contributed by atoms with Crippen LogP contribution in [0.25, 0.3) is 31.3 Å². The number of hydrogen-bond acceptors (Lipinski definition) is 2. The molecular formula is C46H39NS. The summed E-state index contributed by atoms with van der Waals surface area (Å²) in [6.45, 7) is 9.17. The molecule has 0 spiro atoms. The van der Waals surface area contributed by atoms with E-state index in [-0.39, 0.29) is 0 Å². The highest BCUT2D eigenvalue weighted by Gasteiger charge is 2.31. The smallest absolute Gasteiger partial charge is 0.0675 e. The lowest BCUT2D eigenvalue weighted by molar-refractivity contribution is 0.460. The summed E-state index contributed by atoms with van der Waals surface area (Å²) in [6.07, 6.45) is 22.7. The van der Waals surface area contributed by atoms with Crippen LogP contribution in [0.15, 0.2) is 151 Å². The molecule has 0 amide bonds. The summed E-state index contributed by atoms with van der Waals surface area (Å²) in [7, 11) is 0. The van der Waals surface area contributed by atoms with Gasteiger partial charge in [-0.3, -0.25) is 0 Å². The lowest BCUT2D eigenvalue weighted by Gasteiger charge is -2.30. The van der Waals surface area contributed by atoms with Gasteiger partial charge in [0, 0.05) is 26.9 Å². The zero-order valence-corrected chi connectivity index (χ0v) is 28.5. The van der Waals surface area contributed by atoms with Crippen molar-refractivity contribution in [1.29, 1.82) is 0 Å². The Morgan fingerprint density at radius 3 is 2.40 bits per heavy atom. The number of nitrogens with zero attached hydrogens (tertiary/aromatic N) is 1. The van der Waals surface area contributed by atoms with Gasteiger partial charge in [-0.15, -0.1) is 11.3 Å². The van der Waals surface area contributed by atoms with Crippen LogP contribution in [0.4, 0.5) is 11.4 Å². The lowest BCUT2D eigenvalue weighted by atomic mass is 9.75. The Bertz CT molecular complexity index is 2350. The van der Waals surface area contributed by atoms with E-state index in [1.807, 2.05) is 11.3 Å². The van der Waals surface area contributed by atoms with Crippen LogP contribution in [0, 0.1) is 18.8 Å². The van der Waals surface area contributed by atoms with Crippen LogP contribution in [0.3, 0.4) is 0 Å². The molecule has 3 aliphatic carbocycles. The van der Waals surface area contributed by atoms with E-state index in [0.29, 0.717) is 11.8 Å². The maximum absolute atomic E-state index is 4.62. The Morgan fingerprint density at radius 1 is 0.729 bits per heavy atom. The Kier molecular flexibility index (Phi) is 7.09. The van der Waals surface area contributed by atoms with Crippen molar-refractivity contribution in [3.8, 4) is 0 Å². The van der Waals surface area contributed by atoms with Crippen molar-refractivity contribution in [2.45, 2.75) is 39.5 Å². The van der Waals surface area contributed by atoms with E-state index in [1.165, 1.54) is 76.1 Å². The molecule has 2 heterocycles. The van der Waals surface area contributed by atoms with E-state index in [1.54, 1.807) is 5.57 Å². The van der Waals surface area contributed by atoms with E-state index in [2.05, 4.69) is 153 Å². The quantitative estimate of drug-likeness (QED) is 0.190. The summed E-state index contributed by atoms with van der Waals surface area (Å²) in [5, 5.41) is 2.65. The van der Waals surface area contributed by atoms with Crippen LogP contribution in [0.2, 0.25) is 0 Å². The number of anilines is 2. The fourth-order valence-electron chi connectivity index (χ4n) is 8.44. The summed E-state index contributed by atoms with van der Waals surface area (Å²) in [4.78, 5) is 2.42. The monoisotopic (exact) mass is 637 g/mol. The predicted octanol–water partition coefficient (Wildman–Crippen LogP) is 12.6. The van der Waals surface area contributed by atoms with E-state index >= 15 is 0 Å². The molecule has 9 rings (SSSR count). The molecule has 4 aliphatic rings. The molecule has 234 valence electrons. The first-order chi connectivity index (χ1) is 23.5. The van der Waals surface area contributed by atoms with E-state index < -0.39 is 0 Å². The van der Waals surface area contributed by atoms with Crippen molar-refractivity contribution in [2.24, 2.45) is 11.8 Å². The molecule has 1 aliphatic heterocycles. The number of rotatable bonds is 3. The van der Waals surface area contributed by atoms with Gasteiger partial charge < -0.3 is 4.90 Å². The van der Waals surface area contributed by atoms with Gasteiger partial charge in [-0.2, -0.15) is 0 Å². The van der Waals surface area contributed by atoms with Gasteiger partial charge in [-0.05, 0) is 115 Å². The highest BCUT2D eigenvalue weighted by molar-refractivity contribution is 7.26. The fourth-order valence-corrected chi connectivity index (χ4v) is 9.70. The van der Waals surface area contributed by atoms with E-state index in [0.717, 1.165) is 31.4 Å². The maximum atomic E-state index is 4.62. The third-order valence-corrected chi connectivity index (χ3v) is 12.1. The van der Waals surface area contributed by atoms with Crippen molar-refractivity contribution in [3.63, 3.8) is 0 Å². The number of benzene rings is 4. The molecular weight excluding hydrogens is 599 g/mol. The highest BCUT2D eigenvalue weighted by atomic mass is 32.1. The van der Waals surface area contributed by atoms with Gasteiger partial charge in [-0.25, -0.2) is 0 Å². The summed E-state index contributed by atoms with van der Waals surface area (Å²) in [6, 6.07) is 29.4.